The number of aromatic nitrogens is 3. The van der Waals surface area contributed by atoms with Crippen LogP contribution in [0.15, 0.2) is 30.6 Å². The van der Waals surface area contributed by atoms with Crippen LogP contribution in [0.25, 0.3) is 0 Å². The monoisotopic (exact) mass is 249 g/mol. The number of hydrogen-bond acceptors (Lipinski definition) is 4. The maximum Gasteiger partial charge on any atom is 0.141 e. The Morgan fingerprint density at radius 3 is 2.83 bits per heavy atom. The van der Waals surface area contributed by atoms with Crippen LogP contribution in [0.2, 0.25) is 0 Å². The average Bonchev–Trinajstić information content (AvgIpc) is 2.78. The van der Waals surface area contributed by atoms with E-state index in [1.807, 2.05) is 17.8 Å². The van der Waals surface area contributed by atoms with Gasteiger partial charge < -0.3 is 0 Å². The first-order valence-corrected chi connectivity index (χ1v) is 5.75. The summed E-state index contributed by atoms with van der Waals surface area (Å²) in [6.45, 7) is 0. The summed E-state index contributed by atoms with van der Waals surface area (Å²) in [5.41, 5.74) is 4.56. The van der Waals surface area contributed by atoms with Crippen molar-refractivity contribution in [1.29, 1.82) is 0 Å². The highest BCUT2D eigenvalue weighted by Crippen LogP contribution is 2.16. The lowest BCUT2D eigenvalue weighted by Crippen LogP contribution is -2.29. The van der Waals surface area contributed by atoms with E-state index >= 15 is 0 Å². The highest BCUT2D eigenvalue weighted by atomic mass is 19.1. The Balaban J connectivity index is 2.01. The average molecular weight is 249 g/mol. The van der Waals surface area contributed by atoms with Crippen molar-refractivity contribution in [3.63, 3.8) is 0 Å². The van der Waals surface area contributed by atoms with E-state index in [-0.39, 0.29) is 11.9 Å². The van der Waals surface area contributed by atoms with Gasteiger partial charge in [-0.2, -0.15) is 5.10 Å². The molecule has 0 spiro atoms. The molecule has 96 valence electrons. The van der Waals surface area contributed by atoms with E-state index in [2.05, 4.69) is 15.5 Å². The lowest BCUT2D eigenvalue weighted by atomic mass is 10.1. The largest absolute Gasteiger partial charge is 0.273 e. The quantitative estimate of drug-likeness (QED) is 0.615. The number of pyridine rings is 1. The summed E-state index contributed by atoms with van der Waals surface area (Å²) < 4.78 is 14.6. The van der Waals surface area contributed by atoms with Crippen LogP contribution in [0.4, 0.5) is 4.39 Å². The normalized spacial score (nSPS) is 12.6. The van der Waals surface area contributed by atoms with E-state index in [9.17, 15) is 4.39 Å². The molecule has 1 atom stereocenters. The van der Waals surface area contributed by atoms with Gasteiger partial charge in [-0.1, -0.05) is 0 Å². The van der Waals surface area contributed by atoms with Gasteiger partial charge in [-0.15, -0.1) is 0 Å². The first-order valence-electron chi connectivity index (χ1n) is 5.75. The van der Waals surface area contributed by atoms with Crippen molar-refractivity contribution in [3.05, 3.63) is 47.8 Å². The first-order chi connectivity index (χ1) is 8.70. The van der Waals surface area contributed by atoms with Gasteiger partial charge in [-0.3, -0.25) is 20.9 Å². The molecule has 0 aliphatic rings. The Morgan fingerprint density at radius 1 is 1.44 bits per heavy atom. The zero-order valence-electron chi connectivity index (χ0n) is 10.2. The summed E-state index contributed by atoms with van der Waals surface area (Å²) in [6.07, 6.45) is 4.55. The predicted octanol–water partition coefficient (Wildman–Crippen LogP) is 1.09. The molecule has 0 fully saturated rings. The number of rotatable bonds is 5. The third-order valence-corrected chi connectivity index (χ3v) is 2.92. The fourth-order valence-electron chi connectivity index (χ4n) is 1.85. The summed E-state index contributed by atoms with van der Waals surface area (Å²) in [5, 5.41) is 4.10. The molecule has 0 saturated carbocycles. The van der Waals surface area contributed by atoms with Crippen molar-refractivity contribution >= 4 is 0 Å². The summed E-state index contributed by atoms with van der Waals surface area (Å²) >= 11 is 0. The van der Waals surface area contributed by atoms with Gasteiger partial charge in [0.15, 0.2) is 0 Å². The van der Waals surface area contributed by atoms with Crippen LogP contribution >= 0.6 is 0 Å². The van der Waals surface area contributed by atoms with E-state index in [1.54, 1.807) is 12.3 Å². The Morgan fingerprint density at radius 2 is 2.28 bits per heavy atom. The van der Waals surface area contributed by atoms with Crippen LogP contribution in [0.5, 0.6) is 0 Å². The molecule has 2 aromatic heterocycles. The van der Waals surface area contributed by atoms with Crippen molar-refractivity contribution in [2.45, 2.75) is 18.9 Å². The second-order valence-corrected chi connectivity index (χ2v) is 4.11. The van der Waals surface area contributed by atoms with Gasteiger partial charge in [0.2, 0.25) is 0 Å². The summed E-state index contributed by atoms with van der Waals surface area (Å²) in [5.74, 6) is 5.17. The highest BCUT2D eigenvalue weighted by molar-refractivity contribution is 5.10. The van der Waals surface area contributed by atoms with Gasteiger partial charge in [-0.05, 0) is 31.0 Å². The number of nitrogens with one attached hydrogen (secondary N) is 1. The summed E-state index contributed by atoms with van der Waals surface area (Å²) in [4.78, 5) is 4.03. The van der Waals surface area contributed by atoms with Crippen molar-refractivity contribution in [3.8, 4) is 0 Å². The molecule has 2 heterocycles. The number of hydrogen-bond donors (Lipinski definition) is 2. The summed E-state index contributed by atoms with van der Waals surface area (Å²) in [7, 11) is 1.90. The van der Waals surface area contributed by atoms with Gasteiger partial charge in [0, 0.05) is 18.9 Å². The number of halogens is 1. The van der Waals surface area contributed by atoms with E-state index in [0.29, 0.717) is 0 Å². The number of nitrogens with two attached hydrogens (primary N) is 1. The first kappa shape index (κ1) is 12.7. The number of nitrogens with zero attached hydrogens (tertiary/aromatic N) is 3. The van der Waals surface area contributed by atoms with Crippen molar-refractivity contribution in [2.24, 2.45) is 12.9 Å². The Kier molecular flexibility index (Phi) is 4.01. The van der Waals surface area contributed by atoms with E-state index in [0.717, 1.165) is 24.2 Å². The molecular formula is C12H16FN5. The number of hydrazine groups is 1. The maximum absolute atomic E-state index is 12.8. The number of aryl methyl sites for hydroxylation is 2. The molecule has 0 aliphatic carbocycles. The molecule has 0 bridgehead atoms. The molecular weight excluding hydrogens is 233 g/mol. The second-order valence-electron chi connectivity index (χ2n) is 4.11. The maximum atomic E-state index is 12.8. The van der Waals surface area contributed by atoms with Gasteiger partial charge in [0.05, 0.1) is 17.9 Å². The standard InChI is InChI=1S/C12H16FN5/c1-18-10(6-7-16-18)3-5-12(17-14)11-4-2-9(13)8-15-11/h2,4,6-8,12,17H,3,5,14H2,1H3. The lowest BCUT2D eigenvalue weighted by molar-refractivity contribution is 0.493. The molecule has 1 unspecified atom stereocenters. The van der Waals surface area contributed by atoms with Crippen LogP contribution in [0.1, 0.15) is 23.9 Å². The van der Waals surface area contributed by atoms with Gasteiger partial charge >= 0.3 is 0 Å². The van der Waals surface area contributed by atoms with Crippen molar-refractivity contribution in [1.82, 2.24) is 20.2 Å². The third kappa shape index (κ3) is 2.91. The van der Waals surface area contributed by atoms with E-state index < -0.39 is 0 Å². The molecule has 0 radical (unpaired) electrons. The molecule has 2 aromatic rings. The molecule has 0 aromatic carbocycles. The molecule has 18 heavy (non-hydrogen) atoms. The Bertz CT molecular complexity index is 493. The van der Waals surface area contributed by atoms with Crippen LogP contribution in [-0.4, -0.2) is 14.8 Å². The smallest absolute Gasteiger partial charge is 0.141 e. The molecule has 0 amide bonds. The van der Waals surface area contributed by atoms with Crippen LogP contribution < -0.4 is 11.3 Å². The Labute approximate surface area is 105 Å². The molecule has 3 N–H and O–H groups in total. The second kappa shape index (κ2) is 5.70. The fraction of sp³-hybridized carbons (Fsp3) is 0.333. The van der Waals surface area contributed by atoms with E-state index in [4.69, 9.17) is 5.84 Å². The molecule has 0 saturated heterocycles. The van der Waals surface area contributed by atoms with Crippen molar-refractivity contribution < 1.29 is 4.39 Å². The lowest BCUT2D eigenvalue weighted by Gasteiger charge is -2.15. The molecule has 0 aliphatic heterocycles. The van der Waals surface area contributed by atoms with Crippen molar-refractivity contribution in [2.75, 3.05) is 0 Å². The summed E-state index contributed by atoms with van der Waals surface area (Å²) in [6, 6.07) is 4.89. The van der Waals surface area contributed by atoms with Gasteiger partial charge in [0.1, 0.15) is 5.82 Å². The van der Waals surface area contributed by atoms with Crippen LogP contribution in [0, 0.1) is 5.82 Å². The predicted molar refractivity (Wildman–Crippen MR) is 65.8 cm³/mol. The van der Waals surface area contributed by atoms with E-state index in [1.165, 1.54) is 12.3 Å². The van der Waals surface area contributed by atoms with Gasteiger partial charge in [0.25, 0.3) is 0 Å². The Hall–Kier alpha value is -1.79. The third-order valence-electron chi connectivity index (χ3n) is 2.92. The minimum atomic E-state index is -0.346. The molecule has 6 heteroatoms. The molecule has 5 nitrogen and oxygen atoms in total. The van der Waals surface area contributed by atoms with Gasteiger partial charge in [-0.25, -0.2) is 4.39 Å². The zero-order valence-corrected chi connectivity index (χ0v) is 10.2. The minimum absolute atomic E-state index is 0.0968. The topological polar surface area (TPSA) is 68.8 Å². The fourth-order valence-corrected chi connectivity index (χ4v) is 1.85. The highest BCUT2D eigenvalue weighted by Gasteiger charge is 2.12. The molecule has 2 rings (SSSR count). The minimum Gasteiger partial charge on any atom is -0.273 e. The SMILES string of the molecule is Cn1nccc1CCC(NN)c1ccc(F)cn1. The van der Waals surface area contributed by atoms with Crippen LogP contribution in [-0.2, 0) is 13.5 Å². The zero-order chi connectivity index (χ0) is 13.0. The van der Waals surface area contributed by atoms with Crippen LogP contribution in [0.3, 0.4) is 0 Å².